The highest BCUT2D eigenvalue weighted by Crippen LogP contribution is 2.37. The number of ketones is 2. The Morgan fingerprint density at radius 3 is 1.90 bits per heavy atom. The van der Waals surface area contributed by atoms with Gasteiger partial charge in [-0.05, 0) is 12.1 Å². The topological polar surface area (TPSA) is 34.1 Å². The molecule has 0 spiro atoms. The van der Waals surface area contributed by atoms with E-state index in [0.29, 0.717) is 22.3 Å². The van der Waals surface area contributed by atoms with Crippen LogP contribution in [0, 0.1) is 0 Å². The third kappa shape index (κ3) is 3.06. The van der Waals surface area contributed by atoms with Gasteiger partial charge in [0, 0.05) is 42.4 Å². The highest BCUT2D eigenvalue weighted by molar-refractivity contribution is 7.26. The zero-order valence-electron chi connectivity index (χ0n) is 15.5. The zero-order chi connectivity index (χ0) is 19.8. The number of rotatable bonds is 4. The van der Waals surface area contributed by atoms with E-state index in [2.05, 4.69) is 0 Å². The summed E-state index contributed by atoms with van der Waals surface area (Å²) in [5.74, 6) is 0.0221. The Bertz CT molecular complexity index is 1370. The number of hydrogen-bond acceptors (Lipinski definition) is 3. The lowest BCUT2D eigenvalue weighted by Crippen LogP contribution is -2.00. The summed E-state index contributed by atoms with van der Waals surface area (Å²) >= 11 is 1.56. The highest BCUT2D eigenvalue weighted by Gasteiger charge is 2.17. The van der Waals surface area contributed by atoms with Crippen molar-refractivity contribution in [3.63, 3.8) is 0 Å². The van der Waals surface area contributed by atoms with Gasteiger partial charge in [-0.3, -0.25) is 9.59 Å². The van der Waals surface area contributed by atoms with Gasteiger partial charge < -0.3 is 0 Å². The molecule has 0 aliphatic carbocycles. The van der Waals surface area contributed by atoms with Crippen LogP contribution in [0.3, 0.4) is 0 Å². The molecule has 4 aromatic carbocycles. The molecular weight excluding hydrogens is 376 g/mol. The maximum Gasteiger partial charge on any atom is 0.194 e. The molecule has 29 heavy (non-hydrogen) atoms. The van der Waals surface area contributed by atoms with Gasteiger partial charge in [-0.25, -0.2) is 0 Å². The van der Waals surface area contributed by atoms with E-state index in [4.69, 9.17) is 0 Å². The van der Waals surface area contributed by atoms with Crippen LogP contribution in [0.25, 0.3) is 20.2 Å². The van der Waals surface area contributed by atoms with Gasteiger partial charge in [0.25, 0.3) is 0 Å². The first-order valence-electron chi connectivity index (χ1n) is 9.37. The minimum absolute atomic E-state index is 0.00513. The third-order valence-corrected chi connectivity index (χ3v) is 6.28. The Morgan fingerprint density at radius 1 is 0.552 bits per heavy atom. The molecule has 1 heterocycles. The second kappa shape index (κ2) is 7.12. The average Bonchev–Trinajstić information content (AvgIpc) is 3.17. The summed E-state index contributed by atoms with van der Waals surface area (Å²) in [7, 11) is 0. The predicted molar refractivity (Wildman–Crippen MR) is 119 cm³/mol. The normalized spacial score (nSPS) is 11.0. The molecule has 0 radical (unpaired) electrons. The summed E-state index contributed by atoms with van der Waals surface area (Å²) in [5, 5.41) is 2.11. The van der Waals surface area contributed by atoms with E-state index in [1.165, 1.54) is 0 Å². The highest BCUT2D eigenvalue weighted by atomic mass is 32.1. The van der Waals surface area contributed by atoms with E-state index in [-0.39, 0.29) is 11.6 Å². The zero-order valence-corrected chi connectivity index (χ0v) is 16.3. The van der Waals surface area contributed by atoms with E-state index >= 15 is 0 Å². The molecule has 3 heteroatoms. The van der Waals surface area contributed by atoms with Crippen LogP contribution >= 0.6 is 11.3 Å². The molecule has 0 atom stereocenters. The molecule has 138 valence electrons. The van der Waals surface area contributed by atoms with E-state index < -0.39 is 0 Å². The second-order valence-electron chi connectivity index (χ2n) is 6.89. The van der Waals surface area contributed by atoms with Crippen molar-refractivity contribution < 1.29 is 9.59 Å². The van der Waals surface area contributed by atoms with Crippen molar-refractivity contribution in [3.05, 3.63) is 119 Å². The first kappa shape index (κ1) is 17.5. The minimum atomic E-state index is 0.00513. The van der Waals surface area contributed by atoms with Crippen LogP contribution in [0.5, 0.6) is 0 Å². The van der Waals surface area contributed by atoms with Crippen molar-refractivity contribution >= 4 is 43.1 Å². The van der Waals surface area contributed by atoms with E-state index in [9.17, 15) is 9.59 Å². The Hall–Kier alpha value is -3.56. The second-order valence-corrected chi connectivity index (χ2v) is 7.94. The Labute approximate surface area is 172 Å². The van der Waals surface area contributed by atoms with Crippen LogP contribution in [0.2, 0.25) is 0 Å². The number of thiophene rings is 1. The molecule has 0 aliphatic heterocycles. The van der Waals surface area contributed by atoms with Gasteiger partial charge in [-0.1, -0.05) is 84.9 Å². The molecule has 0 bridgehead atoms. The van der Waals surface area contributed by atoms with Crippen molar-refractivity contribution in [1.82, 2.24) is 0 Å². The molecule has 1 aromatic heterocycles. The molecule has 5 aromatic rings. The van der Waals surface area contributed by atoms with E-state index in [0.717, 1.165) is 20.2 Å². The summed E-state index contributed by atoms with van der Waals surface area (Å²) in [6, 6.07) is 30.3. The molecule has 0 amide bonds. The van der Waals surface area contributed by atoms with Crippen molar-refractivity contribution in [2.24, 2.45) is 0 Å². The van der Waals surface area contributed by atoms with Crippen LogP contribution in [0.4, 0.5) is 0 Å². The van der Waals surface area contributed by atoms with Crippen LogP contribution < -0.4 is 0 Å². The Kier molecular flexibility index (Phi) is 4.30. The van der Waals surface area contributed by atoms with Crippen molar-refractivity contribution in [3.8, 4) is 0 Å². The molecular formula is C26H16O2S. The van der Waals surface area contributed by atoms with Gasteiger partial charge in [0.15, 0.2) is 11.6 Å². The van der Waals surface area contributed by atoms with Gasteiger partial charge in [0.1, 0.15) is 0 Å². The molecule has 0 fully saturated rings. The fourth-order valence-electron chi connectivity index (χ4n) is 3.62. The number of benzene rings is 4. The summed E-state index contributed by atoms with van der Waals surface area (Å²) < 4.78 is 1.97. The van der Waals surface area contributed by atoms with Crippen molar-refractivity contribution in [1.29, 1.82) is 0 Å². The smallest absolute Gasteiger partial charge is 0.194 e. The van der Waals surface area contributed by atoms with Crippen LogP contribution in [-0.4, -0.2) is 11.6 Å². The first-order valence-corrected chi connectivity index (χ1v) is 10.2. The predicted octanol–water partition coefficient (Wildman–Crippen LogP) is 6.52. The number of fused-ring (bicyclic) bond motifs is 3. The minimum Gasteiger partial charge on any atom is -0.289 e. The number of hydrogen-bond donors (Lipinski definition) is 0. The van der Waals surface area contributed by atoms with Crippen LogP contribution in [0.1, 0.15) is 31.8 Å². The summed E-state index contributed by atoms with van der Waals surface area (Å²) in [4.78, 5) is 25.9. The molecule has 0 aliphatic rings. The van der Waals surface area contributed by atoms with Crippen LogP contribution in [-0.2, 0) is 0 Å². The van der Waals surface area contributed by atoms with Crippen molar-refractivity contribution in [2.45, 2.75) is 0 Å². The monoisotopic (exact) mass is 392 g/mol. The Balaban J connectivity index is 1.64. The molecule has 0 unspecified atom stereocenters. The lowest BCUT2D eigenvalue weighted by Gasteiger charge is -2.02. The largest absolute Gasteiger partial charge is 0.289 e. The standard InChI is InChI=1S/C26H16O2S/c27-24(17-8-3-1-4-9-17)19-14-15-20-21-12-7-13-22(26(21)29-23(20)16-19)25(28)18-10-5-2-6-11-18/h1-16H. The van der Waals surface area contributed by atoms with Gasteiger partial charge in [0.05, 0.1) is 0 Å². The Morgan fingerprint density at radius 2 is 1.21 bits per heavy atom. The molecule has 2 nitrogen and oxygen atoms in total. The quantitative estimate of drug-likeness (QED) is 0.326. The maximum absolute atomic E-state index is 13.0. The van der Waals surface area contributed by atoms with E-state index in [1.54, 1.807) is 11.3 Å². The van der Waals surface area contributed by atoms with Gasteiger partial charge in [-0.15, -0.1) is 11.3 Å². The molecule has 0 saturated heterocycles. The third-order valence-electron chi connectivity index (χ3n) is 5.08. The lowest BCUT2D eigenvalue weighted by molar-refractivity contribution is 0.103. The number of carbonyl (C=O) groups excluding carboxylic acids is 2. The SMILES string of the molecule is O=C(c1ccccc1)c1ccc2c(c1)sc1c(C(=O)c3ccccc3)cccc12. The van der Waals surface area contributed by atoms with E-state index in [1.807, 2.05) is 97.1 Å². The van der Waals surface area contributed by atoms with Gasteiger partial charge >= 0.3 is 0 Å². The van der Waals surface area contributed by atoms with Gasteiger partial charge in [0.2, 0.25) is 0 Å². The van der Waals surface area contributed by atoms with Crippen LogP contribution in [0.15, 0.2) is 97.1 Å². The maximum atomic E-state index is 13.0. The number of carbonyl (C=O) groups is 2. The fourth-order valence-corrected chi connectivity index (χ4v) is 4.87. The van der Waals surface area contributed by atoms with Crippen molar-refractivity contribution in [2.75, 3.05) is 0 Å². The molecule has 0 saturated carbocycles. The summed E-state index contributed by atoms with van der Waals surface area (Å²) in [6.07, 6.45) is 0. The lowest BCUT2D eigenvalue weighted by atomic mass is 9.99. The fraction of sp³-hybridized carbons (Fsp3) is 0. The first-order chi connectivity index (χ1) is 14.2. The average molecular weight is 392 g/mol. The molecule has 5 rings (SSSR count). The summed E-state index contributed by atoms with van der Waals surface area (Å²) in [6.45, 7) is 0. The summed E-state index contributed by atoms with van der Waals surface area (Å²) in [5.41, 5.74) is 2.71. The van der Waals surface area contributed by atoms with Gasteiger partial charge in [-0.2, -0.15) is 0 Å². The molecule has 0 N–H and O–H groups in total.